The lowest BCUT2D eigenvalue weighted by molar-refractivity contribution is 0.708. The topological polar surface area (TPSA) is 57.8 Å². The average molecular weight is 336 g/mol. The van der Waals surface area contributed by atoms with Crippen molar-refractivity contribution in [2.75, 3.05) is 6.54 Å². The Bertz CT molecular complexity index is 656. The highest BCUT2D eigenvalue weighted by atomic mass is 79.9. The first-order valence-corrected chi connectivity index (χ1v) is 7.38. The van der Waals surface area contributed by atoms with Crippen molar-refractivity contribution in [2.24, 2.45) is 0 Å². The van der Waals surface area contributed by atoms with E-state index in [1.807, 2.05) is 32.9 Å². The van der Waals surface area contributed by atoms with Gasteiger partial charge in [0.25, 0.3) is 5.56 Å². The average Bonchev–Trinajstić information content (AvgIpc) is 2.41. The minimum atomic E-state index is -0.124. The Hall–Kier alpha value is -1.46. The second-order valence-electron chi connectivity index (χ2n) is 4.79. The highest BCUT2D eigenvalue weighted by Crippen LogP contribution is 2.26. The molecule has 4 nitrogen and oxygen atoms in total. The van der Waals surface area contributed by atoms with Gasteiger partial charge < -0.3 is 10.3 Å². The minimum absolute atomic E-state index is 0.124. The van der Waals surface area contributed by atoms with Gasteiger partial charge in [-0.25, -0.2) is 4.98 Å². The summed E-state index contributed by atoms with van der Waals surface area (Å²) in [6.45, 7) is 7.53. The number of nitrogens with zero attached hydrogens (tertiary/aromatic N) is 1. The number of nitrogens with one attached hydrogen (secondary N) is 2. The van der Waals surface area contributed by atoms with Crippen LogP contribution >= 0.6 is 15.9 Å². The van der Waals surface area contributed by atoms with Crippen LogP contribution in [0.2, 0.25) is 0 Å². The van der Waals surface area contributed by atoms with Crippen molar-refractivity contribution in [1.29, 1.82) is 0 Å². The second kappa shape index (κ2) is 6.33. The normalized spacial score (nSPS) is 10.8. The summed E-state index contributed by atoms with van der Waals surface area (Å²) >= 11 is 3.55. The van der Waals surface area contributed by atoms with Crippen molar-refractivity contribution in [3.8, 4) is 11.4 Å². The number of H-pyrrole nitrogens is 1. The number of aryl methyl sites for hydroxylation is 2. The van der Waals surface area contributed by atoms with E-state index in [2.05, 4.69) is 31.2 Å². The number of aromatic nitrogens is 2. The van der Waals surface area contributed by atoms with Gasteiger partial charge in [0.05, 0.1) is 5.69 Å². The molecule has 0 amide bonds. The molecule has 0 spiro atoms. The lowest BCUT2D eigenvalue weighted by Gasteiger charge is -2.09. The molecule has 2 N–H and O–H groups in total. The summed E-state index contributed by atoms with van der Waals surface area (Å²) in [5.41, 5.74) is 3.81. The minimum Gasteiger partial charge on any atom is -0.311 e. The summed E-state index contributed by atoms with van der Waals surface area (Å²) < 4.78 is 1.09. The first-order chi connectivity index (χ1) is 9.51. The van der Waals surface area contributed by atoms with E-state index in [4.69, 9.17) is 0 Å². The van der Waals surface area contributed by atoms with Gasteiger partial charge in [-0.3, -0.25) is 4.79 Å². The zero-order valence-corrected chi connectivity index (χ0v) is 13.5. The fourth-order valence-electron chi connectivity index (χ4n) is 2.07. The maximum atomic E-state index is 11.8. The predicted octanol–water partition coefficient (Wildman–Crippen LogP) is 2.93. The van der Waals surface area contributed by atoms with Gasteiger partial charge in [0, 0.05) is 22.6 Å². The maximum Gasteiger partial charge on any atom is 0.251 e. The van der Waals surface area contributed by atoms with Gasteiger partial charge in [0.2, 0.25) is 0 Å². The summed E-state index contributed by atoms with van der Waals surface area (Å²) in [7, 11) is 0. The first-order valence-electron chi connectivity index (χ1n) is 6.59. The summed E-state index contributed by atoms with van der Waals surface area (Å²) in [5, 5.41) is 3.18. The maximum absolute atomic E-state index is 11.8. The van der Waals surface area contributed by atoms with E-state index in [0.717, 1.165) is 33.4 Å². The SMILES string of the molecule is CCNCc1cc(=O)[nH]c(-c2cc(C)c(Br)c(C)c2)n1. The van der Waals surface area contributed by atoms with Crippen molar-refractivity contribution >= 4 is 15.9 Å². The molecule has 20 heavy (non-hydrogen) atoms. The van der Waals surface area contributed by atoms with Crippen LogP contribution in [0.5, 0.6) is 0 Å². The monoisotopic (exact) mass is 335 g/mol. The molecule has 0 radical (unpaired) electrons. The van der Waals surface area contributed by atoms with Crippen LogP contribution in [0.3, 0.4) is 0 Å². The lowest BCUT2D eigenvalue weighted by atomic mass is 10.1. The van der Waals surface area contributed by atoms with Crippen molar-refractivity contribution in [3.63, 3.8) is 0 Å². The third kappa shape index (κ3) is 3.35. The fourth-order valence-corrected chi connectivity index (χ4v) is 2.30. The standard InChI is InChI=1S/C15H18BrN3O/c1-4-17-8-12-7-13(20)19-15(18-12)11-5-9(2)14(16)10(3)6-11/h5-7,17H,4,8H2,1-3H3,(H,18,19,20). The van der Waals surface area contributed by atoms with Gasteiger partial charge in [-0.15, -0.1) is 0 Å². The third-order valence-electron chi connectivity index (χ3n) is 3.06. The molecule has 0 unspecified atom stereocenters. The molecule has 0 atom stereocenters. The van der Waals surface area contributed by atoms with E-state index in [-0.39, 0.29) is 5.56 Å². The molecule has 2 aromatic rings. The van der Waals surface area contributed by atoms with Gasteiger partial charge in [-0.05, 0) is 43.7 Å². The largest absolute Gasteiger partial charge is 0.311 e. The Labute approximate surface area is 126 Å². The Morgan fingerprint density at radius 3 is 2.50 bits per heavy atom. The van der Waals surface area contributed by atoms with E-state index < -0.39 is 0 Å². The summed E-state index contributed by atoms with van der Waals surface area (Å²) in [6.07, 6.45) is 0. The molecule has 0 bridgehead atoms. The van der Waals surface area contributed by atoms with Gasteiger partial charge in [-0.1, -0.05) is 22.9 Å². The summed E-state index contributed by atoms with van der Waals surface area (Å²) in [6, 6.07) is 5.57. The highest BCUT2D eigenvalue weighted by Gasteiger charge is 2.08. The molecule has 0 aliphatic heterocycles. The molecule has 1 heterocycles. The van der Waals surface area contributed by atoms with Crippen LogP contribution in [0.4, 0.5) is 0 Å². The summed E-state index contributed by atoms with van der Waals surface area (Å²) in [5.74, 6) is 0.615. The number of hydrogen-bond donors (Lipinski definition) is 2. The van der Waals surface area contributed by atoms with Crippen molar-refractivity contribution < 1.29 is 0 Å². The molecule has 1 aromatic heterocycles. The lowest BCUT2D eigenvalue weighted by Crippen LogP contribution is -2.17. The van der Waals surface area contributed by atoms with E-state index >= 15 is 0 Å². The van der Waals surface area contributed by atoms with Crippen LogP contribution in [-0.4, -0.2) is 16.5 Å². The third-order valence-corrected chi connectivity index (χ3v) is 4.31. The summed E-state index contributed by atoms with van der Waals surface area (Å²) in [4.78, 5) is 19.1. The van der Waals surface area contributed by atoms with Crippen LogP contribution < -0.4 is 10.9 Å². The Morgan fingerprint density at radius 1 is 1.25 bits per heavy atom. The molecular weight excluding hydrogens is 318 g/mol. The molecule has 1 aromatic carbocycles. The van der Waals surface area contributed by atoms with Gasteiger partial charge >= 0.3 is 0 Å². The van der Waals surface area contributed by atoms with Gasteiger partial charge in [0.15, 0.2) is 0 Å². The molecule has 2 rings (SSSR count). The zero-order chi connectivity index (χ0) is 14.7. The van der Waals surface area contributed by atoms with Crippen molar-refractivity contribution in [1.82, 2.24) is 15.3 Å². The Morgan fingerprint density at radius 2 is 1.90 bits per heavy atom. The first kappa shape index (κ1) is 14.9. The van der Waals surface area contributed by atoms with Crippen LogP contribution in [0.15, 0.2) is 27.5 Å². The van der Waals surface area contributed by atoms with E-state index in [1.165, 1.54) is 6.07 Å². The quantitative estimate of drug-likeness (QED) is 0.903. The number of hydrogen-bond acceptors (Lipinski definition) is 3. The zero-order valence-electron chi connectivity index (χ0n) is 11.9. The Kier molecular flexibility index (Phi) is 4.73. The van der Waals surface area contributed by atoms with Crippen LogP contribution in [0.1, 0.15) is 23.7 Å². The van der Waals surface area contributed by atoms with Gasteiger partial charge in [-0.2, -0.15) is 0 Å². The second-order valence-corrected chi connectivity index (χ2v) is 5.58. The highest BCUT2D eigenvalue weighted by molar-refractivity contribution is 9.10. The molecule has 106 valence electrons. The van der Waals surface area contributed by atoms with Gasteiger partial charge in [0.1, 0.15) is 5.82 Å². The molecule has 5 heteroatoms. The molecule has 0 aliphatic carbocycles. The molecule has 0 saturated carbocycles. The number of benzene rings is 1. The molecular formula is C15H18BrN3O. The van der Waals surface area contributed by atoms with Crippen LogP contribution in [-0.2, 0) is 6.54 Å². The predicted molar refractivity (Wildman–Crippen MR) is 84.8 cm³/mol. The van der Waals surface area contributed by atoms with Crippen molar-refractivity contribution in [3.05, 3.63) is 49.8 Å². The fraction of sp³-hybridized carbons (Fsp3) is 0.333. The smallest absolute Gasteiger partial charge is 0.251 e. The van der Waals surface area contributed by atoms with E-state index in [1.54, 1.807) is 0 Å². The van der Waals surface area contributed by atoms with Crippen LogP contribution in [0.25, 0.3) is 11.4 Å². The number of rotatable bonds is 4. The number of aromatic amines is 1. The molecule has 0 fully saturated rings. The Balaban J connectivity index is 2.47. The van der Waals surface area contributed by atoms with Crippen molar-refractivity contribution in [2.45, 2.75) is 27.3 Å². The van der Waals surface area contributed by atoms with E-state index in [0.29, 0.717) is 12.4 Å². The molecule has 0 aliphatic rings. The van der Waals surface area contributed by atoms with Crippen LogP contribution in [0, 0.1) is 13.8 Å². The number of halogens is 1. The molecule has 0 saturated heterocycles. The van der Waals surface area contributed by atoms with E-state index in [9.17, 15) is 4.79 Å².